The van der Waals surface area contributed by atoms with E-state index in [2.05, 4.69) is 25.8 Å². The van der Waals surface area contributed by atoms with Crippen LogP contribution in [0.1, 0.15) is 36.3 Å². The van der Waals surface area contributed by atoms with E-state index in [1.165, 1.54) is 15.6 Å². The lowest BCUT2D eigenvalue weighted by molar-refractivity contribution is 0.112. The third-order valence-corrected chi connectivity index (χ3v) is 3.63. The first kappa shape index (κ1) is 9.16. The number of hydrogen-bond donors (Lipinski definition) is 0. The van der Waals surface area contributed by atoms with E-state index in [1.54, 1.807) is 11.3 Å². The maximum absolute atomic E-state index is 5.39. The van der Waals surface area contributed by atoms with E-state index < -0.39 is 0 Å². The highest BCUT2D eigenvalue weighted by Crippen LogP contribution is 2.31. The van der Waals surface area contributed by atoms with E-state index in [-0.39, 0.29) is 5.41 Å². The van der Waals surface area contributed by atoms with Crippen LogP contribution in [0.2, 0.25) is 0 Å². The Bertz CT molecular complexity index is 288. The second-order valence-electron chi connectivity index (χ2n) is 4.44. The van der Waals surface area contributed by atoms with E-state index in [1.807, 2.05) is 0 Å². The van der Waals surface area contributed by atoms with Gasteiger partial charge in [0.15, 0.2) is 0 Å². The van der Waals surface area contributed by atoms with Crippen LogP contribution in [0.3, 0.4) is 0 Å². The molecule has 0 saturated carbocycles. The van der Waals surface area contributed by atoms with Crippen molar-refractivity contribution in [2.75, 3.05) is 6.61 Å². The largest absolute Gasteiger partial charge is 0.375 e. The fourth-order valence-electron chi connectivity index (χ4n) is 1.35. The first-order valence-electron chi connectivity index (χ1n) is 4.64. The van der Waals surface area contributed by atoms with Gasteiger partial charge in [-0.05, 0) is 0 Å². The van der Waals surface area contributed by atoms with Crippen molar-refractivity contribution in [1.29, 1.82) is 0 Å². The Morgan fingerprint density at radius 1 is 1.38 bits per heavy atom. The molecule has 0 fully saturated rings. The highest BCUT2D eigenvalue weighted by Gasteiger charge is 2.22. The highest BCUT2D eigenvalue weighted by molar-refractivity contribution is 7.11. The molecule has 0 aliphatic carbocycles. The van der Waals surface area contributed by atoms with Gasteiger partial charge in [0.1, 0.15) is 0 Å². The van der Waals surface area contributed by atoms with Crippen molar-refractivity contribution in [2.45, 2.75) is 39.2 Å². The summed E-state index contributed by atoms with van der Waals surface area (Å²) in [6, 6.07) is 0. The molecule has 1 aliphatic rings. The van der Waals surface area contributed by atoms with Crippen LogP contribution in [-0.2, 0) is 23.2 Å². The molecule has 3 heteroatoms. The van der Waals surface area contributed by atoms with Gasteiger partial charge in [-0.1, -0.05) is 20.8 Å². The van der Waals surface area contributed by atoms with Gasteiger partial charge in [-0.15, -0.1) is 11.3 Å². The zero-order valence-corrected chi connectivity index (χ0v) is 9.20. The Kier molecular flexibility index (Phi) is 2.16. The van der Waals surface area contributed by atoms with Crippen LogP contribution in [-0.4, -0.2) is 11.6 Å². The number of aromatic nitrogens is 1. The lowest BCUT2D eigenvalue weighted by Gasteiger charge is -2.13. The third-order valence-electron chi connectivity index (χ3n) is 2.14. The molecule has 2 nitrogen and oxygen atoms in total. The molecule has 0 amide bonds. The number of hydrogen-bond acceptors (Lipinski definition) is 3. The summed E-state index contributed by atoms with van der Waals surface area (Å²) in [5, 5.41) is 1.24. The van der Waals surface area contributed by atoms with Crippen LogP contribution in [0, 0.1) is 0 Å². The van der Waals surface area contributed by atoms with Gasteiger partial charge >= 0.3 is 0 Å². The predicted octanol–water partition coefficient (Wildman–Crippen LogP) is 2.51. The van der Waals surface area contributed by atoms with Gasteiger partial charge < -0.3 is 4.74 Å². The maximum Gasteiger partial charge on any atom is 0.0985 e. The minimum Gasteiger partial charge on any atom is -0.375 e. The van der Waals surface area contributed by atoms with Gasteiger partial charge in [-0.3, -0.25) is 0 Å². The molecular weight excluding hydrogens is 182 g/mol. The minimum atomic E-state index is 0.183. The van der Waals surface area contributed by atoms with Crippen LogP contribution in [0.5, 0.6) is 0 Å². The number of fused-ring (bicyclic) bond motifs is 1. The fraction of sp³-hybridized carbons (Fsp3) is 0.700. The predicted molar refractivity (Wildman–Crippen MR) is 54.2 cm³/mol. The number of ether oxygens (including phenoxy) is 1. The van der Waals surface area contributed by atoms with Crippen LogP contribution < -0.4 is 0 Å². The van der Waals surface area contributed by atoms with Crippen LogP contribution in [0.25, 0.3) is 0 Å². The lowest BCUT2D eigenvalue weighted by atomic mass is 9.98. The summed E-state index contributed by atoms with van der Waals surface area (Å²) < 4.78 is 5.39. The molecule has 0 N–H and O–H groups in total. The van der Waals surface area contributed by atoms with Gasteiger partial charge in [0.05, 0.1) is 28.8 Å². The molecule has 2 heterocycles. The summed E-state index contributed by atoms with van der Waals surface area (Å²) in [7, 11) is 0. The zero-order chi connectivity index (χ0) is 9.47. The average molecular weight is 197 g/mol. The van der Waals surface area contributed by atoms with Crippen LogP contribution >= 0.6 is 11.3 Å². The Morgan fingerprint density at radius 3 is 2.77 bits per heavy atom. The number of rotatable bonds is 0. The van der Waals surface area contributed by atoms with Gasteiger partial charge in [0, 0.05) is 11.8 Å². The van der Waals surface area contributed by atoms with Crippen molar-refractivity contribution in [3.05, 3.63) is 15.6 Å². The maximum atomic E-state index is 5.39. The molecule has 72 valence electrons. The molecule has 0 radical (unpaired) electrons. The van der Waals surface area contributed by atoms with Crippen LogP contribution in [0.4, 0.5) is 0 Å². The van der Waals surface area contributed by atoms with Crippen molar-refractivity contribution in [3.63, 3.8) is 0 Å². The second-order valence-corrected chi connectivity index (χ2v) is 5.53. The topological polar surface area (TPSA) is 22.1 Å². The Hall–Kier alpha value is -0.410. The molecule has 0 saturated heterocycles. The van der Waals surface area contributed by atoms with Crippen LogP contribution in [0.15, 0.2) is 0 Å². The van der Waals surface area contributed by atoms with E-state index in [4.69, 9.17) is 4.74 Å². The molecular formula is C10H15NOS. The van der Waals surface area contributed by atoms with Gasteiger partial charge in [0.2, 0.25) is 0 Å². The van der Waals surface area contributed by atoms with Crippen molar-refractivity contribution in [2.24, 2.45) is 0 Å². The minimum absolute atomic E-state index is 0.183. The Balaban J connectivity index is 2.36. The van der Waals surface area contributed by atoms with Gasteiger partial charge in [-0.25, -0.2) is 4.98 Å². The Morgan fingerprint density at radius 2 is 2.15 bits per heavy atom. The molecule has 13 heavy (non-hydrogen) atoms. The third kappa shape index (κ3) is 1.76. The summed E-state index contributed by atoms with van der Waals surface area (Å²) in [4.78, 5) is 5.99. The quantitative estimate of drug-likeness (QED) is 0.637. The number of nitrogens with zero attached hydrogens (tertiary/aromatic N) is 1. The summed E-state index contributed by atoms with van der Waals surface area (Å²) in [6.45, 7) is 8.22. The van der Waals surface area contributed by atoms with E-state index >= 15 is 0 Å². The van der Waals surface area contributed by atoms with E-state index in [0.717, 1.165) is 19.6 Å². The number of thiazole rings is 1. The average Bonchev–Trinajstić information content (AvgIpc) is 2.45. The lowest BCUT2D eigenvalue weighted by Crippen LogP contribution is -2.11. The van der Waals surface area contributed by atoms with Crippen molar-refractivity contribution in [1.82, 2.24) is 4.98 Å². The highest BCUT2D eigenvalue weighted by atomic mass is 32.1. The van der Waals surface area contributed by atoms with Crippen molar-refractivity contribution in [3.8, 4) is 0 Å². The smallest absolute Gasteiger partial charge is 0.0985 e. The first-order chi connectivity index (χ1) is 6.07. The normalized spacial score (nSPS) is 17.2. The molecule has 1 aromatic heterocycles. The van der Waals surface area contributed by atoms with Crippen molar-refractivity contribution >= 4 is 11.3 Å². The standard InChI is InChI=1S/C10H15NOS/c1-10(2,3)9-11-7-4-5-12-6-8(7)13-9/h4-6H2,1-3H3. The monoisotopic (exact) mass is 197 g/mol. The van der Waals surface area contributed by atoms with Crippen molar-refractivity contribution < 1.29 is 4.74 Å². The molecule has 2 rings (SSSR count). The van der Waals surface area contributed by atoms with Gasteiger partial charge in [-0.2, -0.15) is 0 Å². The molecule has 0 atom stereocenters. The summed E-state index contributed by atoms with van der Waals surface area (Å²) in [5.41, 5.74) is 1.45. The molecule has 1 aromatic rings. The van der Waals surface area contributed by atoms with Gasteiger partial charge in [0.25, 0.3) is 0 Å². The molecule has 0 aromatic carbocycles. The summed E-state index contributed by atoms with van der Waals surface area (Å²) >= 11 is 1.81. The van der Waals surface area contributed by atoms with E-state index in [0.29, 0.717) is 0 Å². The molecule has 0 bridgehead atoms. The summed E-state index contributed by atoms with van der Waals surface area (Å²) in [5.74, 6) is 0. The SMILES string of the molecule is CC(C)(C)c1nc2c(s1)COCC2. The summed E-state index contributed by atoms with van der Waals surface area (Å²) in [6.07, 6.45) is 0.988. The zero-order valence-electron chi connectivity index (χ0n) is 8.39. The Labute approximate surface area is 83.0 Å². The second kappa shape index (κ2) is 3.07. The fourth-order valence-corrected chi connectivity index (χ4v) is 2.45. The molecule has 0 spiro atoms. The molecule has 0 unspecified atom stereocenters. The first-order valence-corrected chi connectivity index (χ1v) is 5.46. The van der Waals surface area contributed by atoms with E-state index in [9.17, 15) is 0 Å². The molecule has 1 aliphatic heterocycles.